The smallest absolute Gasteiger partial charge is 0.143 e. The van der Waals surface area contributed by atoms with Gasteiger partial charge in [-0.05, 0) is 24.5 Å². The molecule has 0 bridgehead atoms. The third kappa shape index (κ3) is 2.32. The molecule has 0 saturated carbocycles. The van der Waals surface area contributed by atoms with Crippen LogP contribution in [0.2, 0.25) is 0 Å². The fraction of sp³-hybridized carbons (Fsp3) is 0.455. The van der Waals surface area contributed by atoms with Gasteiger partial charge in [-0.3, -0.25) is 0 Å². The molecule has 1 aromatic rings. The Kier molecular flexibility index (Phi) is 3.28. The van der Waals surface area contributed by atoms with Gasteiger partial charge in [0, 0.05) is 18.7 Å². The molecule has 1 N–H and O–H groups in total. The third-order valence-corrected chi connectivity index (χ3v) is 2.62. The molecule has 0 amide bonds. The summed E-state index contributed by atoms with van der Waals surface area (Å²) in [6.07, 6.45) is 3.70. The van der Waals surface area contributed by atoms with Crippen LogP contribution in [0.3, 0.4) is 0 Å². The molecular formula is C11H13N3O. The van der Waals surface area contributed by atoms with Crippen LogP contribution in [-0.4, -0.2) is 18.1 Å². The van der Waals surface area contributed by atoms with Crippen LogP contribution < -0.4 is 5.48 Å². The summed E-state index contributed by atoms with van der Waals surface area (Å²) in [5.74, 6) is 0.329. The van der Waals surface area contributed by atoms with Gasteiger partial charge in [-0.1, -0.05) is 6.07 Å². The van der Waals surface area contributed by atoms with Crippen molar-refractivity contribution < 1.29 is 4.84 Å². The summed E-state index contributed by atoms with van der Waals surface area (Å²) in [6, 6.07) is 5.99. The minimum absolute atomic E-state index is 0.329. The van der Waals surface area contributed by atoms with Gasteiger partial charge in [0.25, 0.3) is 0 Å². The van der Waals surface area contributed by atoms with Crippen LogP contribution in [0.4, 0.5) is 0 Å². The van der Waals surface area contributed by atoms with Crippen molar-refractivity contribution >= 4 is 0 Å². The van der Waals surface area contributed by atoms with Gasteiger partial charge in [0.2, 0.25) is 0 Å². The maximum Gasteiger partial charge on any atom is 0.143 e. The zero-order chi connectivity index (χ0) is 10.5. The highest BCUT2D eigenvalue weighted by Gasteiger charge is 2.17. The van der Waals surface area contributed by atoms with Gasteiger partial charge in [-0.15, -0.1) is 0 Å². The van der Waals surface area contributed by atoms with Crippen LogP contribution in [0, 0.1) is 11.3 Å². The van der Waals surface area contributed by atoms with Crippen molar-refractivity contribution in [1.29, 1.82) is 5.26 Å². The number of rotatable bonds is 1. The van der Waals surface area contributed by atoms with E-state index < -0.39 is 0 Å². The van der Waals surface area contributed by atoms with E-state index in [2.05, 4.69) is 16.5 Å². The molecule has 1 unspecified atom stereocenters. The summed E-state index contributed by atoms with van der Waals surface area (Å²) in [4.78, 5) is 9.24. The first kappa shape index (κ1) is 10.1. The average molecular weight is 203 g/mol. The first-order valence-corrected chi connectivity index (χ1v) is 5.11. The van der Waals surface area contributed by atoms with Crippen molar-refractivity contribution in [1.82, 2.24) is 10.5 Å². The SMILES string of the molecule is N#Cc1ncccc1C1CCCONC1. The molecule has 0 aliphatic carbocycles. The number of hydrogen-bond donors (Lipinski definition) is 1. The van der Waals surface area contributed by atoms with E-state index in [1.807, 2.05) is 12.1 Å². The van der Waals surface area contributed by atoms with E-state index in [-0.39, 0.29) is 0 Å². The topological polar surface area (TPSA) is 57.9 Å². The Morgan fingerprint density at radius 2 is 2.53 bits per heavy atom. The van der Waals surface area contributed by atoms with E-state index in [1.165, 1.54) is 0 Å². The lowest BCUT2D eigenvalue weighted by molar-refractivity contribution is 0.0513. The van der Waals surface area contributed by atoms with Crippen molar-refractivity contribution in [2.24, 2.45) is 0 Å². The highest BCUT2D eigenvalue weighted by molar-refractivity contribution is 5.33. The summed E-state index contributed by atoms with van der Waals surface area (Å²) in [5, 5.41) is 8.96. The Morgan fingerprint density at radius 3 is 3.40 bits per heavy atom. The Labute approximate surface area is 88.8 Å². The zero-order valence-electron chi connectivity index (χ0n) is 8.44. The largest absolute Gasteiger partial charge is 0.302 e. The summed E-state index contributed by atoms with van der Waals surface area (Å²) >= 11 is 0. The van der Waals surface area contributed by atoms with E-state index in [9.17, 15) is 0 Å². The van der Waals surface area contributed by atoms with E-state index in [0.29, 0.717) is 11.6 Å². The number of pyridine rings is 1. The molecule has 4 nitrogen and oxygen atoms in total. The molecule has 1 atom stereocenters. The Hall–Kier alpha value is -1.44. The summed E-state index contributed by atoms with van der Waals surface area (Å²) < 4.78 is 0. The molecular weight excluding hydrogens is 190 g/mol. The molecule has 0 spiro atoms. The molecule has 2 heterocycles. The van der Waals surface area contributed by atoms with E-state index in [4.69, 9.17) is 10.1 Å². The van der Waals surface area contributed by atoms with Crippen LogP contribution in [-0.2, 0) is 4.84 Å². The predicted octanol–water partition coefficient (Wildman–Crippen LogP) is 1.35. The molecule has 78 valence electrons. The van der Waals surface area contributed by atoms with Crippen LogP contribution in [0.15, 0.2) is 18.3 Å². The minimum atomic E-state index is 0.329. The van der Waals surface area contributed by atoms with Gasteiger partial charge in [-0.2, -0.15) is 5.26 Å². The first-order valence-electron chi connectivity index (χ1n) is 5.11. The number of hydrogen-bond acceptors (Lipinski definition) is 4. The summed E-state index contributed by atoms with van der Waals surface area (Å²) in [7, 11) is 0. The fourth-order valence-electron chi connectivity index (χ4n) is 1.84. The Morgan fingerprint density at radius 1 is 1.60 bits per heavy atom. The Balaban J connectivity index is 2.23. The van der Waals surface area contributed by atoms with E-state index >= 15 is 0 Å². The highest BCUT2D eigenvalue weighted by Crippen LogP contribution is 2.23. The molecule has 4 heteroatoms. The van der Waals surface area contributed by atoms with Gasteiger partial charge in [0.05, 0.1) is 6.61 Å². The fourth-order valence-corrected chi connectivity index (χ4v) is 1.84. The van der Waals surface area contributed by atoms with E-state index in [0.717, 1.165) is 31.6 Å². The summed E-state index contributed by atoms with van der Waals surface area (Å²) in [6.45, 7) is 1.49. The van der Waals surface area contributed by atoms with Crippen molar-refractivity contribution in [2.45, 2.75) is 18.8 Å². The van der Waals surface area contributed by atoms with Crippen LogP contribution in [0.1, 0.15) is 30.0 Å². The summed E-state index contributed by atoms with van der Waals surface area (Å²) in [5.41, 5.74) is 4.47. The molecule has 1 fully saturated rings. The number of nitrogens with one attached hydrogen (secondary N) is 1. The molecule has 2 rings (SSSR count). The quantitative estimate of drug-likeness (QED) is 0.748. The van der Waals surface area contributed by atoms with Crippen molar-refractivity contribution in [3.05, 3.63) is 29.6 Å². The highest BCUT2D eigenvalue weighted by atomic mass is 16.6. The van der Waals surface area contributed by atoms with Crippen molar-refractivity contribution in [3.63, 3.8) is 0 Å². The van der Waals surface area contributed by atoms with E-state index in [1.54, 1.807) is 6.20 Å². The Bertz CT molecular complexity index is 364. The van der Waals surface area contributed by atoms with Crippen LogP contribution in [0.25, 0.3) is 0 Å². The molecule has 15 heavy (non-hydrogen) atoms. The lowest BCUT2D eigenvalue weighted by Crippen LogP contribution is -2.19. The predicted molar refractivity (Wildman–Crippen MR) is 54.9 cm³/mol. The minimum Gasteiger partial charge on any atom is -0.302 e. The molecule has 1 aliphatic heterocycles. The van der Waals surface area contributed by atoms with Crippen molar-refractivity contribution in [3.8, 4) is 6.07 Å². The number of nitriles is 1. The number of nitrogens with zero attached hydrogens (tertiary/aromatic N) is 2. The van der Waals surface area contributed by atoms with Gasteiger partial charge >= 0.3 is 0 Å². The zero-order valence-corrected chi connectivity index (χ0v) is 8.44. The first-order chi connectivity index (χ1) is 7.42. The van der Waals surface area contributed by atoms with Gasteiger partial charge in [0.15, 0.2) is 0 Å². The standard InChI is InChI=1S/C11H13N3O/c12-7-11-10(4-1-5-13-11)9-3-2-6-15-14-8-9/h1,4-5,9,14H,2-3,6,8H2. The molecule has 0 aromatic carbocycles. The van der Waals surface area contributed by atoms with Crippen LogP contribution in [0.5, 0.6) is 0 Å². The molecule has 1 saturated heterocycles. The molecule has 0 radical (unpaired) electrons. The normalized spacial score (nSPS) is 21.7. The number of aromatic nitrogens is 1. The monoisotopic (exact) mass is 203 g/mol. The average Bonchev–Trinajstić information content (AvgIpc) is 2.57. The number of hydroxylamine groups is 1. The van der Waals surface area contributed by atoms with Crippen molar-refractivity contribution in [2.75, 3.05) is 13.2 Å². The molecule has 1 aliphatic rings. The second-order valence-electron chi connectivity index (χ2n) is 3.59. The second-order valence-corrected chi connectivity index (χ2v) is 3.59. The lowest BCUT2D eigenvalue weighted by Gasteiger charge is -2.14. The second kappa shape index (κ2) is 4.87. The maximum atomic E-state index is 8.96. The maximum absolute atomic E-state index is 8.96. The third-order valence-electron chi connectivity index (χ3n) is 2.62. The molecule has 1 aromatic heterocycles. The van der Waals surface area contributed by atoms with Crippen LogP contribution >= 0.6 is 0 Å². The van der Waals surface area contributed by atoms with Gasteiger partial charge in [0.1, 0.15) is 11.8 Å². The van der Waals surface area contributed by atoms with Gasteiger partial charge in [-0.25, -0.2) is 10.5 Å². The van der Waals surface area contributed by atoms with Gasteiger partial charge < -0.3 is 4.84 Å². The lowest BCUT2D eigenvalue weighted by atomic mass is 9.93.